The third-order valence-electron chi connectivity index (χ3n) is 1.98. The number of hydrogen-bond acceptors (Lipinski definition) is 2. The third kappa shape index (κ3) is 9.26. The second-order valence-electron chi connectivity index (χ2n) is 3.92. The van der Waals surface area contributed by atoms with Crippen LogP contribution in [-0.4, -0.2) is 12.6 Å². The number of carbonyl (C=O) groups is 1. The molecule has 0 saturated carbocycles. The van der Waals surface area contributed by atoms with Crippen molar-refractivity contribution in [2.24, 2.45) is 0 Å². The average molecular weight is 210 g/mol. The molecule has 0 spiro atoms. The molecule has 0 aliphatic rings. The van der Waals surface area contributed by atoms with Gasteiger partial charge in [-0.3, -0.25) is 0 Å². The molecule has 0 aromatic carbocycles. The largest absolute Gasteiger partial charge is 0.463 e. The molecule has 0 fully saturated rings. The van der Waals surface area contributed by atoms with E-state index in [1.165, 1.54) is 5.57 Å². The highest BCUT2D eigenvalue weighted by molar-refractivity contribution is 5.82. The molecule has 0 aromatic rings. The summed E-state index contributed by atoms with van der Waals surface area (Å²) in [7, 11) is 0. The van der Waals surface area contributed by atoms with Crippen LogP contribution in [0.3, 0.4) is 0 Å². The Hall–Kier alpha value is -1.05. The number of unbranched alkanes of at least 4 members (excludes halogenated alkanes) is 1. The van der Waals surface area contributed by atoms with Gasteiger partial charge in [-0.1, -0.05) is 17.2 Å². The van der Waals surface area contributed by atoms with Gasteiger partial charge >= 0.3 is 5.97 Å². The van der Waals surface area contributed by atoms with Gasteiger partial charge in [0.25, 0.3) is 0 Å². The average Bonchev–Trinajstić information content (AvgIpc) is 2.12. The Labute approximate surface area is 93.0 Å². The Balaban J connectivity index is 3.77. The fourth-order valence-electron chi connectivity index (χ4n) is 1.23. The van der Waals surface area contributed by atoms with E-state index in [2.05, 4.69) is 19.9 Å². The Morgan fingerprint density at radius 1 is 1.27 bits per heavy atom. The van der Waals surface area contributed by atoms with E-state index in [4.69, 9.17) is 4.74 Å². The van der Waals surface area contributed by atoms with Crippen LogP contribution in [0.2, 0.25) is 0 Å². The molecule has 0 unspecified atom stereocenters. The van der Waals surface area contributed by atoms with Crippen LogP contribution in [0.4, 0.5) is 0 Å². The lowest BCUT2D eigenvalue weighted by Gasteiger charge is -2.00. The molecular formula is C13H22O2. The van der Waals surface area contributed by atoms with Crippen LogP contribution in [0.5, 0.6) is 0 Å². The Morgan fingerprint density at radius 3 is 2.47 bits per heavy atom. The summed E-state index contributed by atoms with van der Waals surface area (Å²) in [5.41, 5.74) is 2.44. The molecule has 0 saturated heterocycles. The zero-order valence-corrected chi connectivity index (χ0v) is 10.3. The summed E-state index contributed by atoms with van der Waals surface area (Å²) in [6.07, 6.45) is 6.94. The van der Waals surface area contributed by atoms with Crippen LogP contribution in [0, 0.1) is 0 Å². The molecular weight excluding hydrogens is 188 g/mol. The maximum absolute atomic E-state index is 11.1. The maximum atomic E-state index is 11.1. The zero-order chi connectivity index (χ0) is 11.7. The van der Waals surface area contributed by atoms with E-state index in [1.807, 2.05) is 13.8 Å². The number of allylic oxidation sites excluding steroid dienone is 3. The first-order valence-electron chi connectivity index (χ1n) is 5.53. The van der Waals surface area contributed by atoms with Crippen molar-refractivity contribution in [3.05, 3.63) is 23.3 Å². The summed E-state index contributed by atoms with van der Waals surface area (Å²) in [6, 6.07) is 0. The molecule has 0 bridgehead atoms. The van der Waals surface area contributed by atoms with Gasteiger partial charge in [0.05, 0.1) is 6.61 Å². The summed E-state index contributed by atoms with van der Waals surface area (Å²) >= 11 is 0. The van der Waals surface area contributed by atoms with Crippen molar-refractivity contribution in [2.75, 3.05) is 6.61 Å². The van der Waals surface area contributed by atoms with Crippen molar-refractivity contribution in [2.45, 2.75) is 47.0 Å². The Morgan fingerprint density at radius 2 is 1.93 bits per heavy atom. The van der Waals surface area contributed by atoms with Crippen molar-refractivity contribution in [1.82, 2.24) is 0 Å². The standard InChI is InChI=1S/C13H22O2/c1-5-15-13(14)10-12(4)9-7-6-8-11(2)3/h8,10H,5-7,9H2,1-4H3. The second kappa shape index (κ2) is 8.27. The molecule has 15 heavy (non-hydrogen) atoms. The number of carbonyl (C=O) groups excluding carboxylic acids is 1. The number of rotatable bonds is 6. The molecule has 2 heteroatoms. The minimum absolute atomic E-state index is 0.225. The third-order valence-corrected chi connectivity index (χ3v) is 1.98. The van der Waals surface area contributed by atoms with Crippen LogP contribution in [-0.2, 0) is 9.53 Å². The second-order valence-corrected chi connectivity index (χ2v) is 3.92. The van der Waals surface area contributed by atoms with Crippen LogP contribution >= 0.6 is 0 Å². The van der Waals surface area contributed by atoms with Gasteiger partial charge in [0.2, 0.25) is 0 Å². The lowest BCUT2D eigenvalue weighted by atomic mass is 10.1. The molecule has 0 amide bonds. The monoisotopic (exact) mass is 210 g/mol. The normalized spacial score (nSPS) is 11.1. The first-order valence-corrected chi connectivity index (χ1v) is 5.53. The van der Waals surface area contributed by atoms with E-state index in [0.717, 1.165) is 24.8 Å². The van der Waals surface area contributed by atoms with Crippen molar-refractivity contribution >= 4 is 5.97 Å². The van der Waals surface area contributed by atoms with E-state index in [-0.39, 0.29) is 5.97 Å². The van der Waals surface area contributed by atoms with Crippen molar-refractivity contribution in [3.8, 4) is 0 Å². The SMILES string of the molecule is CCOC(=O)C=C(C)CCCC=C(C)C. The van der Waals surface area contributed by atoms with Crippen LogP contribution in [0.25, 0.3) is 0 Å². The smallest absolute Gasteiger partial charge is 0.330 e. The molecule has 0 aromatic heterocycles. The van der Waals surface area contributed by atoms with Gasteiger partial charge in [-0.15, -0.1) is 0 Å². The minimum atomic E-state index is -0.225. The first-order chi connectivity index (χ1) is 7.06. The van der Waals surface area contributed by atoms with E-state index in [0.29, 0.717) is 6.61 Å². The number of hydrogen-bond donors (Lipinski definition) is 0. The maximum Gasteiger partial charge on any atom is 0.330 e. The minimum Gasteiger partial charge on any atom is -0.463 e. The number of ether oxygens (including phenoxy) is 1. The van der Waals surface area contributed by atoms with Crippen molar-refractivity contribution in [1.29, 1.82) is 0 Å². The van der Waals surface area contributed by atoms with Crippen LogP contribution < -0.4 is 0 Å². The van der Waals surface area contributed by atoms with Crippen LogP contribution in [0.15, 0.2) is 23.3 Å². The zero-order valence-electron chi connectivity index (χ0n) is 10.3. The summed E-state index contributed by atoms with van der Waals surface area (Å²) < 4.78 is 4.83. The Bertz CT molecular complexity index is 245. The molecule has 0 heterocycles. The van der Waals surface area contributed by atoms with E-state index < -0.39 is 0 Å². The van der Waals surface area contributed by atoms with Gasteiger partial charge < -0.3 is 4.74 Å². The van der Waals surface area contributed by atoms with Gasteiger partial charge in [0.15, 0.2) is 0 Å². The highest BCUT2D eigenvalue weighted by atomic mass is 16.5. The lowest BCUT2D eigenvalue weighted by Crippen LogP contribution is -2.00. The topological polar surface area (TPSA) is 26.3 Å². The predicted octanol–water partition coefficient (Wildman–Crippen LogP) is 3.63. The van der Waals surface area contributed by atoms with E-state index in [9.17, 15) is 4.79 Å². The van der Waals surface area contributed by atoms with Gasteiger partial charge in [-0.05, 0) is 47.0 Å². The lowest BCUT2D eigenvalue weighted by molar-refractivity contribution is -0.137. The summed E-state index contributed by atoms with van der Waals surface area (Å²) in [6.45, 7) is 8.43. The Kier molecular flexibility index (Phi) is 7.69. The molecule has 0 aliphatic carbocycles. The van der Waals surface area contributed by atoms with Crippen molar-refractivity contribution < 1.29 is 9.53 Å². The summed E-state index contributed by atoms with van der Waals surface area (Å²) in [4.78, 5) is 11.1. The van der Waals surface area contributed by atoms with Crippen LogP contribution in [0.1, 0.15) is 47.0 Å². The van der Waals surface area contributed by atoms with Gasteiger partial charge in [0.1, 0.15) is 0 Å². The molecule has 0 radical (unpaired) electrons. The van der Waals surface area contributed by atoms with Gasteiger partial charge in [-0.25, -0.2) is 4.79 Å². The summed E-state index contributed by atoms with van der Waals surface area (Å²) in [5.74, 6) is -0.225. The molecule has 0 atom stereocenters. The molecule has 0 N–H and O–H groups in total. The van der Waals surface area contributed by atoms with E-state index in [1.54, 1.807) is 6.08 Å². The van der Waals surface area contributed by atoms with E-state index >= 15 is 0 Å². The highest BCUT2D eigenvalue weighted by Crippen LogP contribution is 2.08. The molecule has 0 aliphatic heterocycles. The first kappa shape index (κ1) is 13.9. The molecule has 0 rings (SSSR count). The highest BCUT2D eigenvalue weighted by Gasteiger charge is 1.97. The number of esters is 1. The fourth-order valence-corrected chi connectivity index (χ4v) is 1.23. The summed E-state index contributed by atoms with van der Waals surface area (Å²) in [5, 5.41) is 0. The van der Waals surface area contributed by atoms with Gasteiger partial charge in [-0.2, -0.15) is 0 Å². The molecule has 86 valence electrons. The molecule has 2 nitrogen and oxygen atoms in total. The fraction of sp³-hybridized carbons (Fsp3) is 0.615. The predicted molar refractivity (Wildman–Crippen MR) is 63.7 cm³/mol. The van der Waals surface area contributed by atoms with Crippen molar-refractivity contribution in [3.63, 3.8) is 0 Å². The quantitative estimate of drug-likeness (QED) is 0.289. The van der Waals surface area contributed by atoms with Gasteiger partial charge in [0, 0.05) is 6.08 Å².